The Morgan fingerprint density at radius 2 is 1.83 bits per heavy atom. The van der Waals surface area contributed by atoms with Crippen LogP contribution in [0.5, 0.6) is 0 Å². The van der Waals surface area contributed by atoms with Crippen LogP contribution in [0.25, 0.3) is 10.4 Å². The number of nitrogens with one attached hydrogen (secondary N) is 1. The number of sulfone groups is 1. The van der Waals surface area contributed by atoms with Gasteiger partial charge in [0.05, 0.1) is 28.0 Å². The Morgan fingerprint density at radius 3 is 2.66 bits per heavy atom. The van der Waals surface area contributed by atoms with Gasteiger partial charge < -0.3 is 15.1 Å². The summed E-state index contributed by atoms with van der Waals surface area (Å²) in [6.45, 7) is 4.36. The zero-order chi connectivity index (χ0) is 32.9. The zero-order valence-corrected chi connectivity index (χ0v) is 27.6. The summed E-state index contributed by atoms with van der Waals surface area (Å²) in [5, 5.41) is 2.73. The number of para-hydroxylation sites is 2. The average molecular weight is 669 g/mol. The van der Waals surface area contributed by atoms with Crippen LogP contribution < -0.4 is 15.1 Å². The molecule has 1 N–H and O–H groups in total. The van der Waals surface area contributed by atoms with E-state index >= 15 is 0 Å². The van der Waals surface area contributed by atoms with Crippen molar-refractivity contribution in [1.82, 2.24) is 4.98 Å². The SMILES string of the molecule is Cc1cccc(F)c1NC(=O)c1cc2c(s1)-c1ccccc1N(C(=O)c1cccc(N3CCS(=O)(=O)C4=C(C=CCC4)[C@H]3C)n1)CC2. The Kier molecular flexibility index (Phi) is 8.05. The highest BCUT2D eigenvalue weighted by Gasteiger charge is 2.34. The number of aromatic nitrogens is 1. The molecule has 0 fully saturated rings. The molecular formula is C36H33FN4O4S2. The third kappa shape index (κ3) is 5.67. The van der Waals surface area contributed by atoms with Gasteiger partial charge in [-0.3, -0.25) is 9.59 Å². The molecule has 240 valence electrons. The Bertz CT molecular complexity index is 2080. The van der Waals surface area contributed by atoms with Crippen LogP contribution in [-0.4, -0.2) is 50.1 Å². The molecule has 0 bridgehead atoms. The number of halogens is 1. The van der Waals surface area contributed by atoms with Crippen molar-refractivity contribution in [2.45, 2.75) is 39.2 Å². The summed E-state index contributed by atoms with van der Waals surface area (Å²) in [6, 6.07) is 19.2. The van der Waals surface area contributed by atoms with Gasteiger partial charge in [-0.25, -0.2) is 17.8 Å². The van der Waals surface area contributed by atoms with Crippen molar-refractivity contribution in [2.24, 2.45) is 0 Å². The molecule has 1 aliphatic carbocycles. The van der Waals surface area contributed by atoms with Gasteiger partial charge in [0.1, 0.15) is 17.3 Å². The number of allylic oxidation sites excluding steroid dienone is 2. The Hall–Kier alpha value is -4.61. The van der Waals surface area contributed by atoms with E-state index in [1.165, 1.54) is 17.4 Å². The molecule has 2 aromatic carbocycles. The number of amides is 2. The molecule has 11 heteroatoms. The van der Waals surface area contributed by atoms with Crippen LogP contribution >= 0.6 is 11.3 Å². The maximum Gasteiger partial charge on any atom is 0.276 e. The predicted molar refractivity (Wildman–Crippen MR) is 184 cm³/mol. The van der Waals surface area contributed by atoms with Crippen LogP contribution in [0.4, 0.5) is 21.6 Å². The van der Waals surface area contributed by atoms with E-state index in [1.807, 2.05) is 60.4 Å². The first-order valence-corrected chi connectivity index (χ1v) is 18.1. The van der Waals surface area contributed by atoms with E-state index in [9.17, 15) is 22.4 Å². The number of benzene rings is 2. The first-order chi connectivity index (χ1) is 22.6. The topological polar surface area (TPSA) is 99.7 Å². The summed E-state index contributed by atoms with van der Waals surface area (Å²) in [4.78, 5) is 37.7. The van der Waals surface area contributed by atoms with E-state index in [0.29, 0.717) is 52.7 Å². The van der Waals surface area contributed by atoms with Crippen molar-refractivity contribution in [3.8, 4) is 10.4 Å². The minimum Gasteiger partial charge on any atom is -0.349 e. The monoisotopic (exact) mass is 668 g/mol. The summed E-state index contributed by atoms with van der Waals surface area (Å²) in [6.07, 6.45) is 5.64. The highest BCUT2D eigenvalue weighted by atomic mass is 32.2. The maximum atomic E-state index is 14.4. The second kappa shape index (κ2) is 12.2. The fraction of sp³-hybridized carbons (Fsp3) is 0.250. The molecular weight excluding hydrogens is 636 g/mol. The molecule has 0 spiro atoms. The molecule has 2 amide bonds. The van der Waals surface area contributed by atoms with Crippen molar-refractivity contribution >= 4 is 50.2 Å². The molecule has 7 rings (SSSR count). The van der Waals surface area contributed by atoms with Crippen LogP contribution in [0.2, 0.25) is 0 Å². The number of anilines is 3. The highest BCUT2D eigenvalue weighted by Crippen LogP contribution is 2.42. The lowest BCUT2D eigenvalue weighted by atomic mass is 10.00. The molecule has 4 aromatic rings. The zero-order valence-electron chi connectivity index (χ0n) is 26.0. The lowest BCUT2D eigenvalue weighted by Gasteiger charge is -2.30. The van der Waals surface area contributed by atoms with Crippen molar-refractivity contribution in [3.05, 3.63) is 117 Å². The number of nitrogens with zero attached hydrogens (tertiary/aromatic N) is 3. The van der Waals surface area contributed by atoms with Gasteiger partial charge >= 0.3 is 0 Å². The van der Waals surface area contributed by atoms with Crippen LogP contribution in [0.15, 0.2) is 89.4 Å². The van der Waals surface area contributed by atoms with E-state index in [2.05, 4.69) is 5.32 Å². The second-order valence-electron chi connectivity index (χ2n) is 12.0. The molecule has 2 aliphatic heterocycles. The highest BCUT2D eigenvalue weighted by molar-refractivity contribution is 7.95. The first kappa shape index (κ1) is 31.0. The minimum absolute atomic E-state index is 0.00825. The molecule has 1 atom stereocenters. The lowest BCUT2D eigenvalue weighted by Crippen LogP contribution is -2.37. The Morgan fingerprint density at radius 1 is 1.02 bits per heavy atom. The Balaban J connectivity index is 1.18. The number of rotatable bonds is 4. The van der Waals surface area contributed by atoms with Gasteiger partial charge in [-0.15, -0.1) is 11.3 Å². The van der Waals surface area contributed by atoms with E-state index in [0.717, 1.165) is 21.6 Å². The van der Waals surface area contributed by atoms with Gasteiger partial charge in [-0.2, -0.15) is 0 Å². The molecule has 0 saturated carbocycles. The quantitative estimate of drug-likeness (QED) is 0.253. The minimum atomic E-state index is -3.38. The van der Waals surface area contributed by atoms with Crippen molar-refractivity contribution in [3.63, 3.8) is 0 Å². The molecule has 0 unspecified atom stereocenters. The van der Waals surface area contributed by atoms with Crippen LogP contribution in [-0.2, 0) is 16.3 Å². The fourth-order valence-electron chi connectivity index (χ4n) is 6.61. The number of hydrogen-bond donors (Lipinski definition) is 1. The van der Waals surface area contributed by atoms with Gasteiger partial charge in [0.25, 0.3) is 11.8 Å². The first-order valence-electron chi connectivity index (χ1n) is 15.6. The molecule has 2 aromatic heterocycles. The van der Waals surface area contributed by atoms with Gasteiger partial charge in [0.15, 0.2) is 9.84 Å². The molecule has 47 heavy (non-hydrogen) atoms. The summed E-state index contributed by atoms with van der Waals surface area (Å²) in [7, 11) is -3.38. The number of carbonyl (C=O) groups is 2. The largest absolute Gasteiger partial charge is 0.349 e. The number of aryl methyl sites for hydroxylation is 1. The number of carbonyl (C=O) groups excluding carboxylic acids is 2. The summed E-state index contributed by atoms with van der Waals surface area (Å²) in [5.74, 6) is -0.600. The normalized spacial score (nSPS) is 18.5. The standard InChI is InChI=1S/C36H33FN4O4S2/c1-22-9-7-12-27(37)33(22)39-35(42)30-21-24-17-18-41(29-14-5-3-11-26(29)34(24)46-30)36(43)28-13-8-16-32(38-28)40-19-20-47(44,45)31-15-6-4-10-25(31)23(40)2/h3-5,7-14,16,21,23H,6,15,17-20H2,1-2H3,(H,39,42)/t23-/m1/s1. The predicted octanol–water partition coefficient (Wildman–Crippen LogP) is 6.94. The number of fused-ring (bicyclic) bond motifs is 3. The van der Waals surface area contributed by atoms with Crippen molar-refractivity contribution < 1.29 is 22.4 Å². The van der Waals surface area contributed by atoms with Crippen molar-refractivity contribution in [1.29, 1.82) is 0 Å². The summed E-state index contributed by atoms with van der Waals surface area (Å²) < 4.78 is 40.6. The van der Waals surface area contributed by atoms with E-state index in [-0.39, 0.29) is 41.5 Å². The van der Waals surface area contributed by atoms with E-state index in [4.69, 9.17) is 4.98 Å². The number of thiophene rings is 1. The van der Waals surface area contributed by atoms with E-state index < -0.39 is 15.7 Å². The Labute approximate surface area is 277 Å². The van der Waals surface area contributed by atoms with Gasteiger partial charge in [0.2, 0.25) is 0 Å². The van der Waals surface area contributed by atoms with E-state index in [1.54, 1.807) is 36.1 Å². The third-order valence-corrected chi connectivity index (χ3v) is 12.2. The molecule has 4 heterocycles. The van der Waals surface area contributed by atoms with Crippen LogP contribution in [0, 0.1) is 12.7 Å². The summed E-state index contributed by atoms with van der Waals surface area (Å²) in [5.41, 5.74) is 4.31. The summed E-state index contributed by atoms with van der Waals surface area (Å²) >= 11 is 1.32. The van der Waals surface area contributed by atoms with Crippen molar-refractivity contribution in [2.75, 3.05) is 34.0 Å². The lowest BCUT2D eigenvalue weighted by molar-refractivity contribution is 0.0981. The molecule has 0 radical (unpaired) electrons. The second-order valence-corrected chi connectivity index (χ2v) is 15.1. The fourth-order valence-corrected chi connectivity index (χ4v) is 9.46. The number of hydrogen-bond acceptors (Lipinski definition) is 7. The third-order valence-electron chi connectivity index (χ3n) is 9.08. The van der Waals surface area contributed by atoms with Crippen LogP contribution in [0.3, 0.4) is 0 Å². The smallest absolute Gasteiger partial charge is 0.276 e. The average Bonchev–Trinajstić information content (AvgIpc) is 3.40. The van der Waals surface area contributed by atoms with Gasteiger partial charge in [-0.1, -0.05) is 48.6 Å². The molecule has 8 nitrogen and oxygen atoms in total. The molecule has 3 aliphatic rings. The number of pyridine rings is 1. The van der Waals surface area contributed by atoms with Crippen LogP contribution in [0.1, 0.15) is 51.1 Å². The van der Waals surface area contributed by atoms with Gasteiger partial charge in [-0.05, 0) is 80.1 Å². The maximum absolute atomic E-state index is 14.4. The van der Waals surface area contributed by atoms with Gasteiger partial charge in [0, 0.05) is 28.4 Å². The molecule has 0 saturated heterocycles.